The van der Waals surface area contributed by atoms with Crippen LogP contribution in [0.15, 0.2) is 41.7 Å². The van der Waals surface area contributed by atoms with E-state index in [2.05, 4.69) is 4.98 Å². The van der Waals surface area contributed by atoms with Crippen molar-refractivity contribution < 1.29 is 13.2 Å². The van der Waals surface area contributed by atoms with Crippen LogP contribution in [0.3, 0.4) is 0 Å². The van der Waals surface area contributed by atoms with Gasteiger partial charge in [-0.1, -0.05) is 6.07 Å². The first-order valence-electron chi connectivity index (χ1n) is 4.24. The number of carbonyl (C=O) groups is 1. The summed E-state index contributed by atoms with van der Waals surface area (Å²) in [5, 5.41) is -0.0515. The molecular formula is C9H8N2O3S. The first-order valence-corrected chi connectivity index (χ1v) is 5.68. The van der Waals surface area contributed by atoms with Gasteiger partial charge >= 0.3 is 0 Å². The van der Waals surface area contributed by atoms with E-state index in [-0.39, 0.29) is 17.4 Å². The highest BCUT2D eigenvalue weighted by atomic mass is 32.2. The summed E-state index contributed by atoms with van der Waals surface area (Å²) >= 11 is 0. The summed E-state index contributed by atoms with van der Waals surface area (Å²) in [6.45, 7) is -0.140. The van der Waals surface area contributed by atoms with Crippen LogP contribution in [-0.4, -0.2) is 30.0 Å². The highest BCUT2D eigenvalue weighted by Crippen LogP contribution is 2.15. The van der Waals surface area contributed by atoms with E-state index in [0.29, 0.717) is 0 Å². The Balaban J connectivity index is 2.37. The summed E-state index contributed by atoms with van der Waals surface area (Å²) < 4.78 is 24.7. The molecule has 0 saturated heterocycles. The van der Waals surface area contributed by atoms with Gasteiger partial charge in [-0.25, -0.2) is 4.98 Å². The fraction of sp³-hybridized carbons (Fsp3) is 0.111. The average Bonchev–Trinajstić information content (AvgIpc) is 2.67. The zero-order valence-corrected chi connectivity index (χ0v) is 8.52. The summed E-state index contributed by atoms with van der Waals surface area (Å²) in [5.74, 6) is -0.227. The minimum Gasteiger partial charge on any atom is -0.293 e. The van der Waals surface area contributed by atoms with Gasteiger partial charge in [-0.15, -0.1) is 0 Å². The number of aromatic nitrogens is 1. The maximum absolute atomic E-state index is 11.8. The number of rotatable bonds is 2. The lowest BCUT2D eigenvalue weighted by molar-refractivity contribution is -0.113. The van der Waals surface area contributed by atoms with Gasteiger partial charge in [-0.2, -0.15) is 8.42 Å². The number of sulfonamides is 1. The molecule has 2 rings (SSSR count). The highest BCUT2D eigenvalue weighted by molar-refractivity contribution is 7.89. The summed E-state index contributed by atoms with van der Waals surface area (Å²) in [7, 11) is -3.66. The summed E-state index contributed by atoms with van der Waals surface area (Å²) in [6.07, 6.45) is 3.89. The van der Waals surface area contributed by atoms with Gasteiger partial charge in [0.05, 0.1) is 6.54 Å². The van der Waals surface area contributed by atoms with E-state index < -0.39 is 10.0 Å². The average molecular weight is 224 g/mol. The Labute approximate surface area is 87.1 Å². The monoisotopic (exact) mass is 224 g/mol. The van der Waals surface area contributed by atoms with E-state index in [1.165, 1.54) is 24.5 Å². The van der Waals surface area contributed by atoms with Crippen molar-refractivity contribution in [3.8, 4) is 0 Å². The molecule has 1 aromatic rings. The summed E-state index contributed by atoms with van der Waals surface area (Å²) in [6, 6.07) is 4.61. The third-order valence-electron chi connectivity index (χ3n) is 1.95. The lowest BCUT2D eigenvalue weighted by Gasteiger charge is -2.13. The SMILES string of the molecule is O=C1C=CN(S(=O)(=O)c2ccccn2)C1. The second-order valence-electron chi connectivity index (χ2n) is 3.00. The van der Waals surface area contributed by atoms with Crippen molar-refractivity contribution in [1.29, 1.82) is 0 Å². The van der Waals surface area contributed by atoms with Crippen LogP contribution in [0.5, 0.6) is 0 Å². The van der Waals surface area contributed by atoms with Crippen molar-refractivity contribution in [2.24, 2.45) is 0 Å². The fourth-order valence-electron chi connectivity index (χ4n) is 1.21. The molecule has 0 N–H and O–H groups in total. The highest BCUT2D eigenvalue weighted by Gasteiger charge is 2.27. The van der Waals surface area contributed by atoms with Crippen LogP contribution in [0, 0.1) is 0 Å². The molecular weight excluding hydrogens is 216 g/mol. The molecule has 0 spiro atoms. The van der Waals surface area contributed by atoms with Gasteiger partial charge in [0.15, 0.2) is 10.8 Å². The van der Waals surface area contributed by atoms with E-state index in [1.807, 2.05) is 0 Å². The van der Waals surface area contributed by atoms with Crippen LogP contribution in [0.4, 0.5) is 0 Å². The number of nitrogens with zero attached hydrogens (tertiary/aromatic N) is 2. The minimum absolute atomic E-state index is 0.0515. The molecule has 2 heterocycles. The quantitative estimate of drug-likeness (QED) is 0.718. The molecule has 0 radical (unpaired) electrons. The van der Waals surface area contributed by atoms with Crippen LogP contribution in [0.2, 0.25) is 0 Å². The lowest BCUT2D eigenvalue weighted by atomic mass is 10.4. The third kappa shape index (κ3) is 1.75. The molecule has 0 saturated carbocycles. The van der Waals surface area contributed by atoms with Crippen LogP contribution in [0.1, 0.15) is 0 Å². The Kier molecular flexibility index (Phi) is 2.28. The summed E-state index contributed by atoms with van der Waals surface area (Å²) in [4.78, 5) is 14.7. The van der Waals surface area contributed by atoms with Gasteiger partial charge in [0, 0.05) is 18.5 Å². The Morgan fingerprint density at radius 3 is 2.67 bits per heavy atom. The molecule has 0 bridgehead atoms. The van der Waals surface area contributed by atoms with Crippen molar-refractivity contribution in [2.45, 2.75) is 5.03 Å². The topological polar surface area (TPSA) is 67.3 Å². The largest absolute Gasteiger partial charge is 0.293 e. The van der Waals surface area contributed by atoms with Crippen molar-refractivity contribution in [1.82, 2.24) is 9.29 Å². The molecule has 0 atom stereocenters. The van der Waals surface area contributed by atoms with Gasteiger partial charge in [-0.3, -0.25) is 9.10 Å². The van der Waals surface area contributed by atoms with Crippen molar-refractivity contribution in [3.63, 3.8) is 0 Å². The van der Waals surface area contributed by atoms with Crippen LogP contribution < -0.4 is 0 Å². The van der Waals surface area contributed by atoms with Gasteiger partial charge in [0.25, 0.3) is 10.0 Å². The molecule has 5 nitrogen and oxygen atoms in total. The zero-order valence-electron chi connectivity index (χ0n) is 7.70. The zero-order chi connectivity index (χ0) is 10.9. The molecule has 1 aliphatic rings. The molecule has 15 heavy (non-hydrogen) atoms. The standard InChI is InChI=1S/C9H8N2O3S/c12-8-4-6-11(7-8)15(13,14)9-3-1-2-5-10-9/h1-6H,7H2. The van der Waals surface area contributed by atoms with E-state index in [9.17, 15) is 13.2 Å². The molecule has 0 fully saturated rings. The van der Waals surface area contributed by atoms with Crippen LogP contribution >= 0.6 is 0 Å². The van der Waals surface area contributed by atoms with Crippen LogP contribution in [0.25, 0.3) is 0 Å². The fourth-order valence-corrected chi connectivity index (χ4v) is 2.41. The van der Waals surface area contributed by atoms with Crippen molar-refractivity contribution >= 4 is 15.8 Å². The molecule has 1 aliphatic heterocycles. The second kappa shape index (κ2) is 3.47. The Morgan fingerprint density at radius 2 is 2.13 bits per heavy atom. The number of pyridine rings is 1. The minimum atomic E-state index is -3.66. The van der Waals surface area contributed by atoms with Gasteiger partial charge in [0.1, 0.15) is 0 Å². The number of hydrogen-bond acceptors (Lipinski definition) is 4. The number of carbonyl (C=O) groups excluding carboxylic acids is 1. The van der Waals surface area contributed by atoms with Crippen LogP contribution in [-0.2, 0) is 14.8 Å². The number of hydrogen-bond donors (Lipinski definition) is 0. The molecule has 78 valence electrons. The maximum Gasteiger partial charge on any atom is 0.281 e. The predicted molar refractivity (Wildman–Crippen MR) is 52.3 cm³/mol. The molecule has 6 heteroatoms. The maximum atomic E-state index is 11.8. The molecule has 0 aliphatic carbocycles. The van der Waals surface area contributed by atoms with Crippen molar-refractivity contribution in [2.75, 3.05) is 6.54 Å². The van der Waals surface area contributed by atoms with Crippen molar-refractivity contribution in [3.05, 3.63) is 36.7 Å². The Morgan fingerprint density at radius 1 is 1.33 bits per heavy atom. The molecule has 0 aromatic carbocycles. The normalized spacial score (nSPS) is 16.0. The summed E-state index contributed by atoms with van der Waals surface area (Å²) in [5.41, 5.74) is 0. The van der Waals surface area contributed by atoms with E-state index in [0.717, 1.165) is 4.31 Å². The Hall–Kier alpha value is -1.69. The smallest absolute Gasteiger partial charge is 0.281 e. The van der Waals surface area contributed by atoms with E-state index in [4.69, 9.17) is 0 Å². The third-order valence-corrected chi connectivity index (χ3v) is 3.59. The van der Waals surface area contributed by atoms with Gasteiger partial charge in [0.2, 0.25) is 0 Å². The molecule has 1 aromatic heterocycles. The molecule has 0 amide bonds. The predicted octanol–water partition coefficient (Wildman–Crippen LogP) is 0.169. The van der Waals surface area contributed by atoms with Gasteiger partial charge < -0.3 is 0 Å². The van der Waals surface area contributed by atoms with Gasteiger partial charge in [-0.05, 0) is 12.1 Å². The second-order valence-corrected chi connectivity index (χ2v) is 4.84. The Bertz CT molecular complexity index is 507. The molecule has 0 unspecified atom stereocenters. The number of ketones is 1. The van der Waals surface area contributed by atoms with E-state index in [1.54, 1.807) is 12.1 Å². The first kappa shape index (κ1) is 9.85. The van der Waals surface area contributed by atoms with E-state index >= 15 is 0 Å². The lowest BCUT2D eigenvalue weighted by Crippen LogP contribution is -2.27. The first-order chi connectivity index (χ1) is 7.10.